The number of benzene rings is 2. The largest absolute Gasteiger partial charge is 0.324 e. The summed E-state index contributed by atoms with van der Waals surface area (Å²) in [5.74, 6) is 0. The highest BCUT2D eigenvalue weighted by atomic mass is 31.1. The molecular weight excluding hydrogens is 285 g/mol. The first kappa shape index (κ1) is 14.9. The molecular formula is C14H13F2O3P. The van der Waals surface area contributed by atoms with E-state index in [2.05, 4.69) is 9.05 Å². The molecule has 0 aliphatic heterocycles. The Labute approximate surface area is 116 Å². The van der Waals surface area contributed by atoms with E-state index < -0.39 is 21.0 Å². The van der Waals surface area contributed by atoms with Crippen molar-refractivity contribution in [2.24, 2.45) is 0 Å². The smallest absolute Gasteiger partial charge is 0.271 e. The summed E-state index contributed by atoms with van der Waals surface area (Å²) >= 11 is 0. The van der Waals surface area contributed by atoms with Gasteiger partial charge in [0.05, 0.1) is 0 Å². The first-order valence-corrected chi connectivity index (χ1v) is 7.14. The minimum atomic E-state index is -3.28. The Balaban J connectivity index is 1.90. The van der Waals surface area contributed by atoms with Crippen LogP contribution in [-0.2, 0) is 13.6 Å². The van der Waals surface area contributed by atoms with Crippen molar-refractivity contribution in [1.29, 1.82) is 0 Å². The zero-order valence-electron chi connectivity index (χ0n) is 10.4. The molecule has 0 bridgehead atoms. The van der Waals surface area contributed by atoms with Gasteiger partial charge in [0.25, 0.3) is 0 Å². The van der Waals surface area contributed by atoms with Gasteiger partial charge in [-0.1, -0.05) is 60.7 Å². The lowest BCUT2D eigenvalue weighted by molar-refractivity contribution is 0.0127. The van der Waals surface area contributed by atoms with E-state index in [1.807, 2.05) is 0 Å². The summed E-state index contributed by atoms with van der Waals surface area (Å²) in [6.07, 6.45) is -3.82. The third-order valence-electron chi connectivity index (χ3n) is 2.52. The maximum atomic E-state index is 13.6. The third kappa shape index (κ3) is 4.23. The predicted molar refractivity (Wildman–Crippen MR) is 71.8 cm³/mol. The molecule has 0 saturated carbocycles. The Hall–Kier alpha value is -1.55. The highest BCUT2D eigenvalue weighted by Crippen LogP contribution is 2.39. The molecule has 2 rings (SSSR count). The molecule has 0 amide bonds. The topological polar surface area (TPSA) is 35.5 Å². The van der Waals surface area contributed by atoms with Gasteiger partial charge < -0.3 is 0 Å². The van der Waals surface area contributed by atoms with Gasteiger partial charge in [-0.05, 0) is 0 Å². The second kappa shape index (κ2) is 7.29. The van der Waals surface area contributed by atoms with Crippen molar-refractivity contribution < 1.29 is 22.4 Å². The van der Waals surface area contributed by atoms with E-state index in [-0.39, 0.29) is 11.1 Å². The lowest BCUT2D eigenvalue weighted by Gasteiger charge is -2.12. The monoisotopic (exact) mass is 298 g/mol. The van der Waals surface area contributed by atoms with E-state index in [4.69, 9.17) is 0 Å². The Morgan fingerprint density at radius 3 is 1.45 bits per heavy atom. The molecule has 0 aliphatic carbocycles. The summed E-state index contributed by atoms with van der Waals surface area (Å²) in [7, 11) is -3.28. The van der Waals surface area contributed by atoms with E-state index in [1.54, 1.807) is 36.4 Å². The van der Waals surface area contributed by atoms with Crippen molar-refractivity contribution in [2.75, 3.05) is 0 Å². The van der Waals surface area contributed by atoms with Crippen LogP contribution in [0.5, 0.6) is 0 Å². The highest BCUT2D eigenvalue weighted by Gasteiger charge is 2.18. The summed E-state index contributed by atoms with van der Waals surface area (Å²) in [5.41, 5.74) is 0.397. The first-order valence-electron chi connectivity index (χ1n) is 5.92. The zero-order valence-corrected chi connectivity index (χ0v) is 11.4. The van der Waals surface area contributed by atoms with E-state index >= 15 is 0 Å². The van der Waals surface area contributed by atoms with E-state index in [1.165, 1.54) is 24.3 Å². The SMILES string of the molecule is O=[PH](OC(F)c1ccccc1)OC(F)c1ccccc1. The maximum Gasteiger partial charge on any atom is 0.324 e. The summed E-state index contributed by atoms with van der Waals surface area (Å²) in [4.78, 5) is 0. The normalized spacial score (nSPS) is 15.5. The maximum absolute atomic E-state index is 13.6. The average molecular weight is 298 g/mol. The van der Waals surface area contributed by atoms with Crippen LogP contribution in [0.15, 0.2) is 60.7 Å². The highest BCUT2D eigenvalue weighted by molar-refractivity contribution is 7.33. The second-order valence-corrected chi connectivity index (χ2v) is 4.91. The van der Waals surface area contributed by atoms with Crippen molar-refractivity contribution in [1.82, 2.24) is 0 Å². The van der Waals surface area contributed by atoms with Gasteiger partial charge in [-0.2, -0.15) is 0 Å². The molecule has 3 nitrogen and oxygen atoms in total. The van der Waals surface area contributed by atoms with Gasteiger partial charge in [-0.25, -0.2) is 8.78 Å². The number of rotatable bonds is 6. The minimum absolute atomic E-state index is 0.199. The number of hydrogen-bond donors (Lipinski definition) is 0. The van der Waals surface area contributed by atoms with Crippen LogP contribution in [0.2, 0.25) is 0 Å². The Bertz CT molecular complexity index is 501. The van der Waals surface area contributed by atoms with Crippen LogP contribution in [0.4, 0.5) is 8.78 Å². The number of alkyl halides is 2. The molecule has 2 atom stereocenters. The Kier molecular flexibility index (Phi) is 5.41. The Morgan fingerprint density at radius 1 is 0.750 bits per heavy atom. The van der Waals surface area contributed by atoms with Crippen LogP contribution in [0.3, 0.4) is 0 Å². The lowest BCUT2D eigenvalue weighted by Crippen LogP contribution is -1.96. The molecule has 6 heteroatoms. The molecule has 106 valence electrons. The van der Waals surface area contributed by atoms with Gasteiger partial charge in [0, 0.05) is 11.1 Å². The van der Waals surface area contributed by atoms with Gasteiger partial charge >= 0.3 is 8.25 Å². The van der Waals surface area contributed by atoms with Gasteiger partial charge in [0.1, 0.15) is 0 Å². The van der Waals surface area contributed by atoms with E-state index in [0.717, 1.165) is 0 Å². The fraction of sp³-hybridized carbons (Fsp3) is 0.143. The third-order valence-corrected chi connectivity index (χ3v) is 3.32. The van der Waals surface area contributed by atoms with Crippen LogP contribution >= 0.6 is 8.25 Å². The van der Waals surface area contributed by atoms with Crippen molar-refractivity contribution in [3.8, 4) is 0 Å². The molecule has 0 N–H and O–H groups in total. The van der Waals surface area contributed by atoms with E-state index in [9.17, 15) is 13.3 Å². The summed E-state index contributed by atoms with van der Waals surface area (Å²) in [6, 6.07) is 15.8. The molecule has 0 fully saturated rings. The molecule has 0 aromatic heterocycles. The van der Waals surface area contributed by atoms with Gasteiger partial charge in [0.15, 0.2) is 0 Å². The van der Waals surface area contributed by atoms with Crippen molar-refractivity contribution in [3.63, 3.8) is 0 Å². The summed E-state index contributed by atoms with van der Waals surface area (Å²) < 4.78 is 47.8. The molecule has 2 unspecified atom stereocenters. The van der Waals surface area contributed by atoms with Crippen molar-refractivity contribution >= 4 is 8.25 Å². The molecule has 0 heterocycles. The van der Waals surface area contributed by atoms with Crippen molar-refractivity contribution in [2.45, 2.75) is 12.7 Å². The number of halogens is 2. The van der Waals surface area contributed by atoms with Crippen LogP contribution in [0.1, 0.15) is 23.8 Å². The predicted octanol–water partition coefficient (Wildman–Crippen LogP) is 4.75. The average Bonchev–Trinajstić information content (AvgIpc) is 2.49. The number of hydrogen-bond acceptors (Lipinski definition) is 3. The zero-order chi connectivity index (χ0) is 14.4. The van der Waals surface area contributed by atoms with Crippen LogP contribution in [0.25, 0.3) is 0 Å². The lowest BCUT2D eigenvalue weighted by atomic mass is 10.2. The van der Waals surface area contributed by atoms with Gasteiger partial charge in [-0.15, -0.1) is 0 Å². The molecule has 0 spiro atoms. The van der Waals surface area contributed by atoms with Gasteiger partial charge in [-0.3, -0.25) is 13.6 Å². The molecule has 2 aromatic rings. The first-order chi connectivity index (χ1) is 9.66. The van der Waals surface area contributed by atoms with Crippen molar-refractivity contribution in [3.05, 3.63) is 71.8 Å². The van der Waals surface area contributed by atoms with Crippen LogP contribution in [-0.4, -0.2) is 0 Å². The van der Waals surface area contributed by atoms with Crippen LogP contribution < -0.4 is 0 Å². The Morgan fingerprint density at radius 2 is 1.10 bits per heavy atom. The van der Waals surface area contributed by atoms with Crippen LogP contribution in [0, 0.1) is 0 Å². The summed E-state index contributed by atoms with van der Waals surface area (Å²) in [5, 5.41) is 0. The molecule has 0 radical (unpaired) electrons. The second-order valence-electron chi connectivity index (χ2n) is 3.94. The molecule has 0 saturated heterocycles. The standard InChI is InChI=1S/C14H13F2O3P/c15-13(11-7-3-1-4-8-11)18-20(17)19-14(16)12-9-5-2-6-10-12/h1-10,13-14,20H. The fourth-order valence-electron chi connectivity index (χ4n) is 1.54. The molecule has 2 aromatic carbocycles. The van der Waals surface area contributed by atoms with E-state index in [0.29, 0.717) is 0 Å². The minimum Gasteiger partial charge on any atom is -0.271 e. The quantitative estimate of drug-likeness (QED) is 0.722. The van der Waals surface area contributed by atoms with Gasteiger partial charge in [0.2, 0.25) is 12.7 Å². The molecule has 20 heavy (non-hydrogen) atoms. The summed E-state index contributed by atoms with van der Waals surface area (Å²) in [6.45, 7) is 0. The fourth-order valence-corrected chi connectivity index (χ4v) is 2.21. The molecule has 0 aliphatic rings.